The second-order valence-corrected chi connectivity index (χ2v) is 15.6. The molecular weight excluding hydrogens is 739 g/mol. The molecule has 11 aromatic rings. The van der Waals surface area contributed by atoms with E-state index in [0.29, 0.717) is 17.5 Å². The van der Waals surface area contributed by atoms with E-state index >= 15 is 0 Å². The van der Waals surface area contributed by atoms with Crippen LogP contribution in [0.1, 0.15) is 0 Å². The Morgan fingerprint density at radius 3 is 1.47 bits per heavy atom. The lowest BCUT2D eigenvalue weighted by atomic mass is 9.97. The number of thiophene rings is 1. The van der Waals surface area contributed by atoms with Crippen molar-refractivity contribution >= 4 is 42.4 Å². The fourth-order valence-corrected chi connectivity index (χ4v) is 9.07. The number of hydrogen-bond acceptors (Lipinski definition) is 6. The molecule has 7 aromatic carbocycles. The third-order valence-corrected chi connectivity index (χ3v) is 12.0. The Hall–Kier alpha value is -7.67. The fourth-order valence-electron chi connectivity index (χ4n) is 7.84. The van der Waals surface area contributed by atoms with Crippen molar-refractivity contribution in [1.82, 2.24) is 24.9 Å². The molecule has 59 heavy (non-hydrogen) atoms. The van der Waals surface area contributed by atoms with Crippen LogP contribution < -0.4 is 0 Å². The number of rotatable bonds is 7. The van der Waals surface area contributed by atoms with E-state index in [1.807, 2.05) is 48.8 Å². The van der Waals surface area contributed by atoms with Gasteiger partial charge in [-0.2, -0.15) is 0 Å². The molecule has 0 N–H and O–H groups in total. The molecule has 0 saturated carbocycles. The van der Waals surface area contributed by atoms with Gasteiger partial charge in [-0.3, -0.25) is 4.98 Å². The molecule has 0 radical (unpaired) electrons. The largest absolute Gasteiger partial charge is 0.262 e. The van der Waals surface area contributed by atoms with Gasteiger partial charge in [0.1, 0.15) is 0 Å². The number of hydrogen-bond donors (Lipinski definition) is 0. The van der Waals surface area contributed by atoms with Crippen LogP contribution in [-0.2, 0) is 0 Å². The summed E-state index contributed by atoms with van der Waals surface area (Å²) < 4.78 is 2.46. The molecular formula is C53H33N5S. The Balaban J connectivity index is 0.900. The number of benzene rings is 7. The van der Waals surface area contributed by atoms with E-state index in [1.54, 1.807) is 11.3 Å². The van der Waals surface area contributed by atoms with Gasteiger partial charge >= 0.3 is 0 Å². The van der Waals surface area contributed by atoms with E-state index in [9.17, 15) is 0 Å². The summed E-state index contributed by atoms with van der Waals surface area (Å²) in [5.74, 6) is 1.90. The molecule has 0 aliphatic heterocycles. The summed E-state index contributed by atoms with van der Waals surface area (Å²) in [6.07, 6.45) is 3.72. The van der Waals surface area contributed by atoms with Crippen molar-refractivity contribution in [3.8, 4) is 78.8 Å². The summed E-state index contributed by atoms with van der Waals surface area (Å²) in [6, 6.07) is 65.5. The summed E-state index contributed by atoms with van der Waals surface area (Å²) in [6.45, 7) is 0. The second-order valence-electron chi connectivity index (χ2n) is 14.5. The lowest BCUT2D eigenvalue weighted by Gasteiger charge is -2.11. The topological polar surface area (TPSA) is 64.5 Å². The molecule has 0 bridgehead atoms. The minimum absolute atomic E-state index is 0.629. The molecule has 0 fully saturated rings. The first kappa shape index (κ1) is 34.6. The maximum atomic E-state index is 5.13. The first-order valence-electron chi connectivity index (χ1n) is 19.6. The molecule has 0 atom stereocenters. The van der Waals surface area contributed by atoms with Gasteiger partial charge in [-0.1, -0.05) is 170 Å². The van der Waals surface area contributed by atoms with Crippen molar-refractivity contribution in [2.24, 2.45) is 0 Å². The van der Waals surface area contributed by atoms with Gasteiger partial charge in [0, 0.05) is 49.3 Å². The average molecular weight is 772 g/mol. The van der Waals surface area contributed by atoms with Gasteiger partial charge in [0.05, 0.1) is 22.1 Å². The molecule has 4 heterocycles. The highest BCUT2D eigenvalue weighted by Crippen LogP contribution is 2.43. The van der Waals surface area contributed by atoms with E-state index in [2.05, 4.69) is 157 Å². The highest BCUT2D eigenvalue weighted by molar-refractivity contribution is 7.26. The zero-order valence-electron chi connectivity index (χ0n) is 31.7. The van der Waals surface area contributed by atoms with Crippen molar-refractivity contribution in [2.45, 2.75) is 0 Å². The monoisotopic (exact) mass is 771 g/mol. The van der Waals surface area contributed by atoms with Crippen molar-refractivity contribution in [3.63, 3.8) is 0 Å². The summed E-state index contributed by atoms with van der Waals surface area (Å²) in [5.41, 5.74) is 12.6. The SMILES string of the molecule is c1ccc(-c2ccc(-c3nc(-c4ccccc4)nc(-c4cccc(-c5ccc(-c6ccc(-c7nc8cnccc8c8c7sc7ccccc78)cc6)cc5)c4)n3)cc2)cc1. The quantitative estimate of drug-likeness (QED) is 0.161. The maximum absolute atomic E-state index is 5.13. The highest BCUT2D eigenvalue weighted by atomic mass is 32.1. The van der Waals surface area contributed by atoms with Crippen molar-refractivity contribution < 1.29 is 0 Å². The maximum Gasteiger partial charge on any atom is 0.164 e. The van der Waals surface area contributed by atoms with Crippen LogP contribution in [0.2, 0.25) is 0 Å². The van der Waals surface area contributed by atoms with Crippen molar-refractivity contribution in [1.29, 1.82) is 0 Å². The molecule has 276 valence electrons. The van der Waals surface area contributed by atoms with E-state index < -0.39 is 0 Å². The smallest absolute Gasteiger partial charge is 0.164 e. The van der Waals surface area contributed by atoms with Crippen LogP contribution >= 0.6 is 11.3 Å². The van der Waals surface area contributed by atoms with Gasteiger partial charge in [0.15, 0.2) is 17.5 Å². The Morgan fingerprint density at radius 2 is 0.814 bits per heavy atom. The van der Waals surface area contributed by atoms with Gasteiger partial charge < -0.3 is 0 Å². The number of nitrogens with zero attached hydrogens (tertiary/aromatic N) is 5. The normalized spacial score (nSPS) is 11.4. The molecule has 6 heteroatoms. The standard InChI is InChI=1S/C53H33N5S/c1-3-10-34(11-4-1)35-24-28-41(29-25-35)52-56-51(40-12-5-2-6-13-40)57-53(58-52)43-15-9-14-42(32-43)38-20-18-36(19-21-38)37-22-26-39(27-23-37)49-50-48(44-30-31-54-33-46(44)55-49)45-16-7-8-17-47(45)59-50/h1-33H. The van der Waals surface area contributed by atoms with Gasteiger partial charge in [-0.15, -0.1) is 11.3 Å². The molecule has 0 spiro atoms. The summed E-state index contributed by atoms with van der Waals surface area (Å²) >= 11 is 1.80. The van der Waals surface area contributed by atoms with E-state index in [1.165, 1.54) is 25.7 Å². The van der Waals surface area contributed by atoms with Crippen molar-refractivity contribution in [3.05, 3.63) is 200 Å². The summed E-state index contributed by atoms with van der Waals surface area (Å²) in [7, 11) is 0. The van der Waals surface area contributed by atoms with Crippen LogP contribution in [0.3, 0.4) is 0 Å². The third kappa shape index (κ3) is 6.52. The predicted octanol–water partition coefficient (Wildman–Crippen LogP) is 13.9. The Kier molecular flexibility index (Phi) is 8.60. The van der Waals surface area contributed by atoms with Crippen LogP contribution in [0, 0.1) is 0 Å². The second kappa shape index (κ2) is 14.7. The molecule has 11 rings (SSSR count). The molecule has 0 aliphatic rings. The first-order chi connectivity index (χ1) is 29.2. The molecule has 0 amide bonds. The lowest BCUT2D eigenvalue weighted by Crippen LogP contribution is -2.00. The van der Waals surface area contributed by atoms with Crippen LogP contribution in [0.4, 0.5) is 0 Å². The summed E-state index contributed by atoms with van der Waals surface area (Å²) in [4.78, 5) is 24.5. The van der Waals surface area contributed by atoms with Gasteiger partial charge in [-0.05, 0) is 51.6 Å². The zero-order valence-corrected chi connectivity index (χ0v) is 32.5. The van der Waals surface area contributed by atoms with Crippen molar-refractivity contribution in [2.75, 3.05) is 0 Å². The number of fused-ring (bicyclic) bond motifs is 5. The minimum Gasteiger partial charge on any atom is -0.262 e. The van der Waals surface area contributed by atoms with Crippen LogP contribution in [-0.4, -0.2) is 24.9 Å². The van der Waals surface area contributed by atoms with Crippen LogP contribution in [0.15, 0.2) is 200 Å². The molecule has 5 nitrogen and oxygen atoms in total. The van der Waals surface area contributed by atoms with E-state index in [-0.39, 0.29) is 0 Å². The zero-order chi connectivity index (χ0) is 39.1. The van der Waals surface area contributed by atoms with E-state index in [4.69, 9.17) is 19.9 Å². The molecule has 0 saturated heterocycles. The number of aromatic nitrogens is 5. The number of pyridine rings is 2. The highest BCUT2D eigenvalue weighted by Gasteiger charge is 2.17. The predicted molar refractivity (Wildman–Crippen MR) is 244 cm³/mol. The Labute approximate surface area is 345 Å². The van der Waals surface area contributed by atoms with Gasteiger partial charge in [0.25, 0.3) is 0 Å². The van der Waals surface area contributed by atoms with Gasteiger partial charge in [0.2, 0.25) is 0 Å². The molecule has 0 unspecified atom stereocenters. The summed E-state index contributed by atoms with van der Waals surface area (Å²) in [5, 5.41) is 3.64. The molecule has 0 aliphatic carbocycles. The average Bonchev–Trinajstić information content (AvgIpc) is 3.72. The van der Waals surface area contributed by atoms with Crippen LogP contribution in [0.5, 0.6) is 0 Å². The van der Waals surface area contributed by atoms with Gasteiger partial charge in [-0.25, -0.2) is 19.9 Å². The lowest BCUT2D eigenvalue weighted by molar-refractivity contribution is 1.07. The Bertz CT molecular complexity index is 3290. The minimum atomic E-state index is 0.629. The third-order valence-electron chi connectivity index (χ3n) is 10.9. The fraction of sp³-hybridized carbons (Fsp3) is 0. The Morgan fingerprint density at radius 1 is 0.339 bits per heavy atom. The van der Waals surface area contributed by atoms with Crippen LogP contribution in [0.25, 0.3) is 110 Å². The molecule has 4 aromatic heterocycles. The first-order valence-corrected chi connectivity index (χ1v) is 20.4. The van der Waals surface area contributed by atoms with E-state index in [0.717, 1.165) is 66.7 Å².